The molecule has 1 amide bonds. The van der Waals surface area contributed by atoms with E-state index in [2.05, 4.69) is 19.2 Å². The lowest BCUT2D eigenvalue weighted by molar-refractivity contribution is -0.131. The average molecular weight is 279 g/mol. The van der Waals surface area contributed by atoms with E-state index in [1.165, 1.54) is 17.4 Å². The van der Waals surface area contributed by atoms with Gasteiger partial charge in [-0.2, -0.15) is 0 Å². The Morgan fingerprint density at radius 1 is 1.58 bits per heavy atom. The zero-order chi connectivity index (χ0) is 14.0. The summed E-state index contributed by atoms with van der Waals surface area (Å²) in [5.74, 6) is -0.509. The van der Waals surface area contributed by atoms with Crippen molar-refractivity contribution in [2.75, 3.05) is 6.54 Å². The fraction of sp³-hybridized carbons (Fsp3) is 0.429. The number of amides is 1. The van der Waals surface area contributed by atoms with Gasteiger partial charge in [-0.1, -0.05) is 13.8 Å². The van der Waals surface area contributed by atoms with Gasteiger partial charge in [-0.3, -0.25) is 4.79 Å². The summed E-state index contributed by atoms with van der Waals surface area (Å²) in [4.78, 5) is 23.1. The first-order valence-corrected chi connectivity index (χ1v) is 7.04. The van der Waals surface area contributed by atoms with Crippen molar-refractivity contribution in [3.8, 4) is 0 Å². The van der Waals surface area contributed by atoms with E-state index < -0.39 is 5.97 Å². The first-order valence-electron chi connectivity index (χ1n) is 6.16. The molecule has 2 rings (SSSR count). The third-order valence-corrected chi connectivity index (χ3v) is 4.40. The number of carbonyl (C=O) groups is 2. The molecule has 2 N–H and O–H groups in total. The van der Waals surface area contributed by atoms with E-state index in [9.17, 15) is 9.59 Å². The molecule has 1 fully saturated rings. The van der Waals surface area contributed by atoms with Crippen molar-refractivity contribution < 1.29 is 14.7 Å². The minimum absolute atomic E-state index is 0.0890. The second kappa shape index (κ2) is 5.17. The minimum Gasteiger partial charge on any atom is -0.478 e. The largest absolute Gasteiger partial charge is 0.478 e. The summed E-state index contributed by atoms with van der Waals surface area (Å²) in [7, 11) is 0. The Morgan fingerprint density at radius 2 is 2.26 bits per heavy atom. The molecule has 0 saturated heterocycles. The number of nitrogens with one attached hydrogen (secondary N) is 1. The van der Waals surface area contributed by atoms with Crippen molar-refractivity contribution in [2.45, 2.75) is 20.3 Å². The van der Waals surface area contributed by atoms with Crippen molar-refractivity contribution >= 4 is 29.3 Å². The number of carboxylic acids is 1. The highest BCUT2D eigenvalue weighted by molar-refractivity contribution is 7.11. The number of thiophene rings is 1. The predicted octanol–water partition coefficient (Wildman–Crippen LogP) is 2.62. The number of hydrogen-bond acceptors (Lipinski definition) is 3. The van der Waals surface area contributed by atoms with E-state index in [4.69, 9.17) is 5.11 Å². The maximum atomic E-state index is 11.9. The number of carbonyl (C=O) groups excluding carboxylic acids is 1. The van der Waals surface area contributed by atoms with Crippen LogP contribution in [0.15, 0.2) is 17.5 Å². The SMILES string of the molecule is CC1(C)CC1CNC(=O)c1csc(/C=C/C(=O)O)c1. The van der Waals surface area contributed by atoms with Crippen LogP contribution in [0.5, 0.6) is 0 Å². The van der Waals surface area contributed by atoms with Crippen LogP contribution in [0.3, 0.4) is 0 Å². The summed E-state index contributed by atoms with van der Waals surface area (Å²) in [6, 6.07) is 1.71. The molecular weight excluding hydrogens is 262 g/mol. The summed E-state index contributed by atoms with van der Waals surface area (Å²) in [6.45, 7) is 5.11. The van der Waals surface area contributed by atoms with Gasteiger partial charge in [0, 0.05) is 22.9 Å². The molecule has 1 heterocycles. The van der Waals surface area contributed by atoms with Gasteiger partial charge in [-0.25, -0.2) is 4.79 Å². The fourth-order valence-electron chi connectivity index (χ4n) is 1.96. The maximum absolute atomic E-state index is 11.9. The van der Waals surface area contributed by atoms with Crippen LogP contribution in [-0.4, -0.2) is 23.5 Å². The highest BCUT2D eigenvalue weighted by Crippen LogP contribution is 2.50. The lowest BCUT2D eigenvalue weighted by Crippen LogP contribution is -2.26. The number of carboxylic acid groups (broad SMARTS) is 1. The van der Waals surface area contributed by atoms with Gasteiger partial charge in [0.25, 0.3) is 5.91 Å². The van der Waals surface area contributed by atoms with Gasteiger partial charge in [-0.15, -0.1) is 11.3 Å². The lowest BCUT2D eigenvalue weighted by atomic mass is 10.1. The molecule has 0 aromatic carbocycles. The second-order valence-electron chi connectivity index (χ2n) is 5.51. The highest BCUT2D eigenvalue weighted by atomic mass is 32.1. The molecule has 4 nitrogen and oxygen atoms in total. The Labute approximate surface area is 116 Å². The molecule has 1 aromatic heterocycles. The first kappa shape index (κ1) is 13.8. The molecular formula is C14H17NO3S. The zero-order valence-corrected chi connectivity index (χ0v) is 11.8. The molecule has 19 heavy (non-hydrogen) atoms. The van der Waals surface area contributed by atoms with Crippen LogP contribution in [0.1, 0.15) is 35.5 Å². The predicted molar refractivity (Wildman–Crippen MR) is 75.2 cm³/mol. The molecule has 0 bridgehead atoms. The summed E-state index contributed by atoms with van der Waals surface area (Å²) in [5, 5.41) is 13.2. The standard InChI is InChI=1S/C14H17NO3S/c1-14(2)6-10(14)7-15-13(18)9-5-11(19-8-9)3-4-12(16)17/h3-5,8,10H,6-7H2,1-2H3,(H,15,18)(H,16,17)/b4-3+. The molecule has 102 valence electrons. The van der Waals surface area contributed by atoms with Gasteiger partial charge in [0.05, 0.1) is 5.56 Å². The van der Waals surface area contributed by atoms with Crippen LogP contribution >= 0.6 is 11.3 Å². The van der Waals surface area contributed by atoms with E-state index >= 15 is 0 Å². The normalized spacial score (nSPS) is 20.4. The minimum atomic E-state index is -0.990. The van der Waals surface area contributed by atoms with Crippen molar-refractivity contribution in [1.29, 1.82) is 0 Å². The monoisotopic (exact) mass is 279 g/mol. The van der Waals surface area contributed by atoms with E-state index in [1.54, 1.807) is 11.4 Å². The van der Waals surface area contributed by atoms with Crippen LogP contribution in [0, 0.1) is 11.3 Å². The molecule has 0 aliphatic heterocycles. The Bertz CT molecular complexity index is 531. The van der Waals surface area contributed by atoms with Gasteiger partial charge < -0.3 is 10.4 Å². The molecule has 1 aliphatic carbocycles. The highest BCUT2D eigenvalue weighted by Gasteiger charge is 2.45. The lowest BCUT2D eigenvalue weighted by Gasteiger charge is -2.05. The smallest absolute Gasteiger partial charge is 0.328 e. The molecule has 0 radical (unpaired) electrons. The average Bonchev–Trinajstić information content (AvgIpc) is 2.77. The maximum Gasteiger partial charge on any atom is 0.328 e. The summed E-state index contributed by atoms with van der Waals surface area (Å²) >= 11 is 1.36. The van der Waals surface area contributed by atoms with E-state index in [1.807, 2.05) is 0 Å². The number of aliphatic carboxylic acids is 1. The third kappa shape index (κ3) is 3.67. The van der Waals surface area contributed by atoms with Gasteiger partial charge >= 0.3 is 5.97 Å². The number of hydrogen-bond donors (Lipinski definition) is 2. The van der Waals surface area contributed by atoms with E-state index in [0.29, 0.717) is 23.4 Å². The van der Waals surface area contributed by atoms with Crippen LogP contribution < -0.4 is 5.32 Å². The molecule has 1 unspecified atom stereocenters. The van der Waals surface area contributed by atoms with Crippen LogP contribution in [0.4, 0.5) is 0 Å². The third-order valence-electron chi connectivity index (χ3n) is 3.50. The summed E-state index contributed by atoms with van der Waals surface area (Å²) in [5.41, 5.74) is 0.950. The van der Waals surface area contributed by atoms with E-state index in [0.717, 1.165) is 17.4 Å². The first-order chi connectivity index (χ1) is 8.88. The summed E-state index contributed by atoms with van der Waals surface area (Å²) < 4.78 is 0. The van der Waals surface area contributed by atoms with Crippen molar-refractivity contribution in [3.63, 3.8) is 0 Å². The molecule has 1 atom stereocenters. The second-order valence-corrected chi connectivity index (χ2v) is 6.45. The van der Waals surface area contributed by atoms with Crippen LogP contribution in [-0.2, 0) is 4.79 Å². The van der Waals surface area contributed by atoms with Crippen LogP contribution in [0.2, 0.25) is 0 Å². The Kier molecular flexibility index (Phi) is 3.75. The van der Waals surface area contributed by atoms with Gasteiger partial charge in [-0.05, 0) is 29.9 Å². The quantitative estimate of drug-likeness (QED) is 0.814. The number of rotatable bonds is 5. The van der Waals surface area contributed by atoms with Crippen molar-refractivity contribution in [2.24, 2.45) is 11.3 Å². The Morgan fingerprint density at radius 3 is 2.84 bits per heavy atom. The molecule has 0 spiro atoms. The molecule has 5 heteroatoms. The summed E-state index contributed by atoms with van der Waals surface area (Å²) in [6.07, 6.45) is 3.72. The molecule has 1 aromatic rings. The fourth-order valence-corrected chi connectivity index (χ4v) is 2.74. The van der Waals surface area contributed by atoms with Crippen molar-refractivity contribution in [1.82, 2.24) is 5.32 Å². The topological polar surface area (TPSA) is 66.4 Å². The Hall–Kier alpha value is -1.62. The van der Waals surface area contributed by atoms with Crippen molar-refractivity contribution in [3.05, 3.63) is 28.0 Å². The molecule has 1 saturated carbocycles. The molecule has 1 aliphatic rings. The van der Waals surface area contributed by atoms with E-state index in [-0.39, 0.29) is 5.91 Å². The Balaban J connectivity index is 1.87. The van der Waals surface area contributed by atoms with Gasteiger partial charge in [0.15, 0.2) is 0 Å². The van der Waals surface area contributed by atoms with Gasteiger partial charge in [0.1, 0.15) is 0 Å². The van der Waals surface area contributed by atoms with Gasteiger partial charge in [0.2, 0.25) is 0 Å². The zero-order valence-electron chi connectivity index (χ0n) is 11.0. The van der Waals surface area contributed by atoms with Crippen LogP contribution in [0.25, 0.3) is 6.08 Å².